The second kappa shape index (κ2) is 6.25. The van der Waals surface area contributed by atoms with Crippen molar-refractivity contribution in [3.8, 4) is 5.75 Å². The molecule has 0 fully saturated rings. The van der Waals surface area contributed by atoms with E-state index in [1.165, 1.54) is 10.8 Å². The van der Waals surface area contributed by atoms with Crippen LogP contribution in [0.3, 0.4) is 0 Å². The van der Waals surface area contributed by atoms with Gasteiger partial charge in [-0.05, 0) is 66.4 Å². The van der Waals surface area contributed by atoms with Gasteiger partial charge in [0.05, 0.1) is 12.8 Å². The molecule has 3 aromatic rings. The summed E-state index contributed by atoms with van der Waals surface area (Å²) in [5.74, 6) is 0.937. The molecule has 0 spiro atoms. The molecule has 3 aromatic carbocycles. The molecule has 3 rings (SSSR count). The lowest BCUT2D eigenvalue weighted by Gasteiger charge is -2.10. The van der Waals surface area contributed by atoms with Crippen LogP contribution in [0.4, 0.5) is 5.69 Å². The minimum atomic E-state index is 0.937. The number of rotatable bonds is 3. The van der Waals surface area contributed by atoms with E-state index in [-0.39, 0.29) is 0 Å². The molecule has 0 bridgehead atoms. The summed E-state index contributed by atoms with van der Waals surface area (Å²) in [6, 6.07) is 19.0. The van der Waals surface area contributed by atoms with Crippen molar-refractivity contribution < 1.29 is 4.74 Å². The third-order valence-electron chi connectivity index (χ3n) is 4.11. The van der Waals surface area contributed by atoms with E-state index in [1.54, 1.807) is 7.11 Å². The van der Waals surface area contributed by atoms with E-state index in [0.717, 1.165) is 33.8 Å². The summed E-state index contributed by atoms with van der Waals surface area (Å²) in [7, 11) is 1.71. The van der Waals surface area contributed by atoms with Gasteiger partial charge in [0.2, 0.25) is 0 Å². The third kappa shape index (κ3) is 3.11. The number of nitrogens with zero attached hydrogens (tertiary/aromatic N) is 1. The van der Waals surface area contributed by atoms with E-state index in [4.69, 9.17) is 9.73 Å². The van der Waals surface area contributed by atoms with Gasteiger partial charge in [-0.1, -0.05) is 36.4 Å². The molecule has 116 valence electrons. The predicted molar refractivity (Wildman–Crippen MR) is 98.3 cm³/mol. The van der Waals surface area contributed by atoms with Crippen molar-refractivity contribution in [2.75, 3.05) is 7.11 Å². The van der Waals surface area contributed by atoms with Gasteiger partial charge < -0.3 is 4.74 Å². The first kappa shape index (κ1) is 15.3. The summed E-state index contributed by atoms with van der Waals surface area (Å²) >= 11 is 0. The number of hydrogen-bond acceptors (Lipinski definition) is 2. The summed E-state index contributed by atoms with van der Waals surface area (Å²) in [4.78, 5) is 4.79. The van der Waals surface area contributed by atoms with Crippen molar-refractivity contribution >= 4 is 22.2 Å². The second-order valence-corrected chi connectivity index (χ2v) is 5.87. The van der Waals surface area contributed by atoms with Gasteiger partial charge in [-0.25, -0.2) is 0 Å². The zero-order chi connectivity index (χ0) is 16.4. The highest BCUT2D eigenvalue weighted by molar-refractivity contribution is 6.03. The summed E-state index contributed by atoms with van der Waals surface area (Å²) in [5, 5.41) is 2.49. The minimum Gasteiger partial charge on any atom is -0.496 e. The van der Waals surface area contributed by atoms with E-state index in [9.17, 15) is 0 Å². The van der Waals surface area contributed by atoms with Gasteiger partial charge in [0.15, 0.2) is 0 Å². The molecule has 2 nitrogen and oxygen atoms in total. The smallest absolute Gasteiger partial charge is 0.124 e. The van der Waals surface area contributed by atoms with Crippen LogP contribution < -0.4 is 4.74 Å². The van der Waals surface area contributed by atoms with E-state index in [1.807, 2.05) is 0 Å². The fraction of sp³-hybridized carbons (Fsp3) is 0.190. The molecule has 0 atom stereocenters. The molecule has 0 aliphatic carbocycles. The van der Waals surface area contributed by atoms with E-state index < -0.39 is 0 Å². The number of benzene rings is 3. The normalized spacial score (nSPS) is 11.7. The lowest BCUT2D eigenvalue weighted by Crippen LogP contribution is -1.95. The highest BCUT2D eigenvalue weighted by atomic mass is 16.5. The van der Waals surface area contributed by atoms with Crippen LogP contribution in [-0.2, 0) is 0 Å². The highest BCUT2D eigenvalue weighted by Crippen LogP contribution is 2.29. The molecule has 0 saturated carbocycles. The molecular formula is C21H21NO. The maximum absolute atomic E-state index is 5.42. The lowest BCUT2D eigenvalue weighted by atomic mass is 10.0. The summed E-state index contributed by atoms with van der Waals surface area (Å²) in [5.41, 5.74) is 5.34. The molecule has 0 aromatic heterocycles. The molecule has 0 unspecified atom stereocenters. The van der Waals surface area contributed by atoms with Gasteiger partial charge in [0.25, 0.3) is 0 Å². The van der Waals surface area contributed by atoms with Crippen LogP contribution in [0.2, 0.25) is 0 Å². The molecule has 2 heteroatoms. The third-order valence-corrected chi connectivity index (χ3v) is 4.11. The van der Waals surface area contributed by atoms with Gasteiger partial charge in [-0.3, -0.25) is 4.99 Å². The van der Waals surface area contributed by atoms with Gasteiger partial charge in [0, 0.05) is 5.71 Å². The number of methoxy groups -OCH3 is 1. The van der Waals surface area contributed by atoms with E-state index in [0.29, 0.717) is 0 Å². The quantitative estimate of drug-likeness (QED) is 0.577. The summed E-state index contributed by atoms with van der Waals surface area (Å²) in [6.45, 7) is 6.16. The van der Waals surface area contributed by atoms with Crippen molar-refractivity contribution in [1.29, 1.82) is 0 Å². The molecule has 23 heavy (non-hydrogen) atoms. The standard InChI is InChI=1S/C21H21NO/c1-14-11-20(12-15(2)21(14)23-4)22-16(3)18-10-9-17-7-5-6-8-19(17)13-18/h5-13H,1-4H3. The molecule has 0 aliphatic rings. The zero-order valence-electron chi connectivity index (χ0n) is 14.1. The molecule has 0 radical (unpaired) electrons. The number of aryl methyl sites for hydroxylation is 2. The van der Waals surface area contributed by atoms with Gasteiger partial charge >= 0.3 is 0 Å². The molecule has 0 heterocycles. The predicted octanol–water partition coefficient (Wildman–Crippen LogP) is 5.61. The van der Waals surface area contributed by atoms with Crippen molar-refractivity contribution in [2.24, 2.45) is 4.99 Å². The first-order chi connectivity index (χ1) is 11.1. The van der Waals surface area contributed by atoms with Crippen LogP contribution in [0.1, 0.15) is 23.6 Å². The minimum absolute atomic E-state index is 0.937. The van der Waals surface area contributed by atoms with Gasteiger partial charge in [-0.15, -0.1) is 0 Å². The van der Waals surface area contributed by atoms with Gasteiger partial charge in [-0.2, -0.15) is 0 Å². The number of fused-ring (bicyclic) bond motifs is 1. The van der Waals surface area contributed by atoms with Gasteiger partial charge in [0.1, 0.15) is 5.75 Å². The van der Waals surface area contributed by atoms with Crippen molar-refractivity contribution in [1.82, 2.24) is 0 Å². The first-order valence-electron chi connectivity index (χ1n) is 7.78. The van der Waals surface area contributed by atoms with Crippen LogP contribution in [-0.4, -0.2) is 12.8 Å². The maximum Gasteiger partial charge on any atom is 0.124 e. The average Bonchev–Trinajstić information content (AvgIpc) is 2.54. The Hall–Kier alpha value is -2.61. The summed E-state index contributed by atoms with van der Waals surface area (Å²) < 4.78 is 5.42. The molecule has 0 amide bonds. The van der Waals surface area contributed by atoms with Crippen LogP contribution in [0, 0.1) is 13.8 Å². The number of aliphatic imine (C=N–C) groups is 1. The molecule has 0 saturated heterocycles. The Morgan fingerprint density at radius 3 is 2.17 bits per heavy atom. The Morgan fingerprint density at radius 1 is 0.870 bits per heavy atom. The van der Waals surface area contributed by atoms with Crippen LogP contribution >= 0.6 is 0 Å². The maximum atomic E-state index is 5.42. The van der Waals surface area contributed by atoms with Crippen LogP contribution in [0.25, 0.3) is 10.8 Å². The van der Waals surface area contributed by atoms with Crippen molar-refractivity contribution in [3.05, 3.63) is 71.3 Å². The van der Waals surface area contributed by atoms with Crippen molar-refractivity contribution in [3.63, 3.8) is 0 Å². The molecule has 0 aliphatic heterocycles. The SMILES string of the molecule is COc1c(C)cc(N=C(C)c2ccc3ccccc3c2)cc1C. The van der Waals surface area contributed by atoms with E-state index in [2.05, 4.69) is 75.4 Å². The fourth-order valence-corrected chi connectivity index (χ4v) is 2.99. The lowest BCUT2D eigenvalue weighted by molar-refractivity contribution is 0.408. The second-order valence-electron chi connectivity index (χ2n) is 5.87. The topological polar surface area (TPSA) is 21.6 Å². The zero-order valence-corrected chi connectivity index (χ0v) is 14.1. The van der Waals surface area contributed by atoms with Crippen LogP contribution in [0.15, 0.2) is 59.6 Å². The Balaban J connectivity index is 2.01. The van der Waals surface area contributed by atoms with E-state index >= 15 is 0 Å². The molecule has 0 N–H and O–H groups in total. The number of ether oxygens (including phenoxy) is 1. The Morgan fingerprint density at radius 2 is 1.52 bits per heavy atom. The van der Waals surface area contributed by atoms with Crippen molar-refractivity contribution in [2.45, 2.75) is 20.8 Å². The largest absolute Gasteiger partial charge is 0.496 e. The number of hydrogen-bond donors (Lipinski definition) is 0. The van der Waals surface area contributed by atoms with Crippen LogP contribution in [0.5, 0.6) is 5.75 Å². The Kier molecular flexibility index (Phi) is 4.16. The average molecular weight is 303 g/mol. The fourth-order valence-electron chi connectivity index (χ4n) is 2.99. The first-order valence-corrected chi connectivity index (χ1v) is 7.78. The Bertz CT molecular complexity index is 870. The summed E-state index contributed by atoms with van der Waals surface area (Å²) in [6.07, 6.45) is 0. The monoisotopic (exact) mass is 303 g/mol. The Labute approximate surface area is 137 Å². The molecular weight excluding hydrogens is 282 g/mol. The highest BCUT2D eigenvalue weighted by Gasteiger charge is 2.06.